The first-order valence-corrected chi connectivity index (χ1v) is 6.77. The molecule has 4 nitrogen and oxygen atoms in total. The van der Waals surface area contributed by atoms with Crippen molar-refractivity contribution in [3.63, 3.8) is 0 Å². The molecule has 1 fully saturated rings. The summed E-state index contributed by atoms with van der Waals surface area (Å²) >= 11 is 0. The first-order valence-electron chi connectivity index (χ1n) is 6.77. The number of hydrogen-bond donors (Lipinski definition) is 1. The normalized spacial score (nSPS) is 22.9. The number of piperidine rings is 1. The van der Waals surface area contributed by atoms with E-state index in [4.69, 9.17) is 0 Å². The van der Waals surface area contributed by atoms with Crippen molar-refractivity contribution >= 4 is 18.0 Å². The SMILES string of the molecule is CC1CCCC(C)N1C(=O)c1ccccc1NC=O. The average Bonchev–Trinajstić information content (AvgIpc) is 2.39. The highest BCUT2D eigenvalue weighted by atomic mass is 16.2. The Kier molecular flexibility index (Phi) is 4.20. The van der Waals surface area contributed by atoms with Gasteiger partial charge in [0.2, 0.25) is 6.41 Å². The lowest BCUT2D eigenvalue weighted by molar-refractivity contribution is -0.105. The molecule has 2 amide bonds. The lowest BCUT2D eigenvalue weighted by Gasteiger charge is -2.39. The van der Waals surface area contributed by atoms with Gasteiger partial charge in [0, 0.05) is 12.1 Å². The molecule has 0 radical (unpaired) electrons. The number of nitrogens with zero attached hydrogens (tertiary/aromatic N) is 1. The summed E-state index contributed by atoms with van der Waals surface area (Å²) in [7, 11) is 0. The molecule has 1 aliphatic heterocycles. The topological polar surface area (TPSA) is 49.4 Å². The number of hydrogen-bond acceptors (Lipinski definition) is 2. The number of nitrogens with one attached hydrogen (secondary N) is 1. The fraction of sp³-hybridized carbons (Fsp3) is 0.467. The second kappa shape index (κ2) is 5.87. The summed E-state index contributed by atoms with van der Waals surface area (Å²) in [4.78, 5) is 25.2. The highest BCUT2D eigenvalue weighted by Gasteiger charge is 2.30. The van der Waals surface area contributed by atoms with E-state index in [-0.39, 0.29) is 18.0 Å². The standard InChI is InChI=1S/C15H20N2O2/c1-11-6-5-7-12(2)17(11)15(19)13-8-3-4-9-14(13)16-10-18/h3-4,8-12H,5-7H2,1-2H3,(H,16,18). The number of carbonyl (C=O) groups excluding carboxylic acids is 2. The summed E-state index contributed by atoms with van der Waals surface area (Å²) in [5.74, 6) is 0.00431. The van der Waals surface area contributed by atoms with Gasteiger partial charge in [-0.05, 0) is 45.2 Å². The first-order chi connectivity index (χ1) is 9.15. The summed E-state index contributed by atoms with van der Waals surface area (Å²) in [6.07, 6.45) is 3.86. The molecule has 2 atom stereocenters. The Labute approximate surface area is 113 Å². The Hall–Kier alpha value is -1.84. The molecule has 0 aromatic heterocycles. The van der Waals surface area contributed by atoms with E-state index in [1.807, 2.05) is 17.0 Å². The van der Waals surface area contributed by atoms with Crippen LogP contribution in [-0.4, -0.2) is 29.3 Å². The minimum Gasteiger partial charge on any atom is -0.333 e. The molecule has 0 spiro atoms. The summed E-state index contributed by atoms with van der Waals surface area (Å²) in [6.45, 7) is 4.17. The highest BCUT2D eigenvalue weighted by molar-refractivity contribution is 6.01. The second-order valence-electron chi connectivity index (χ2n) is 5.15. The lowest BCUT2D eigenvalue weighted by Crippen LogP contribution is -2.47. The lowest BCUT2D eigenvalue weighted by atomic mass is 9.96. The molecular weight excluding hydrogens is 240 g/mol. The maximum atomic E-state index is 12.7. The second-order valence-corrected chi connectivity index (χ2v) is 5.15. The zero-order chi connectivity index (χ0) is 13.8. The van der Waals surface area contributed by atoms with E-state index in [0.717, 1.165) is 12.8 Å². The molecule has 1 N–H and O–H groups in total. The van der Waals surface area contributed by atoms with Crippen LogP contribution in [-0.2, 0) is 4.79 Å². The molecule has 0 bridgehead atoms. The Bertz CT molecular complexity index is 463. The molecule has 1 saturated heterocycles. The number of rotatable bonds is 3. The van der Waals surface area contributed by atoms with Crippen LogP contribution in [0.3, 0.4) is 0 Å². The third-order valence-corrected chi connectivity index (χ3v) is 3.80. The van der Waals surface area contributed by atoms with Crippen molar-refractivity contribution in [2.75, 3.05) is 5.32 Å². The fourth-order valence-corrected chi connectivity index (χ4v) is 2.82. The number of para-hydroxylation sites is 1. The average molecular weight is 260 g/mol. The van der Waals surface area contributed by atoms with E-state index < -0.39 is 0 Å². The van der Waals surface area contributed by atoms with Crippen LogP contribution < -0.4 is 5.32 Å². The Balaban J connectivity index is 2.30. The monoisotopic (exact) mass is 260 g/mol. The third kappa shape index (κ3) is 2.78. The van der Waals surface area contributed by atoms with Gasteiger partial charge in [0.1, 0.15) is 0 Å². The predicted molar refractivity (Wildman–Crippen MR) is 75.1 cm³/mol. The van der Waals surface area contributed by atoms with Crippen molar-refractivity contribution in [3.05, 3.63) is 29.8 Å². The minimum absolute atomic E-state index is 0.00431. The zero-order valence-electron chi connectivity index (χ0n) is 11.4. The number of carbonyl (C=O) groups is 2. The quantitative estimate of drug-likeness (QED) is 0.849. The molecule has 0 saturated carbocycles. The summed E-state index contributed by atoms with van der Waals surface area (Å²) in [5, 5.41) is 2.60. The molecule has 1 aromatic rings. The Morgan fingerprint density at radius 3 is 2.53 bits per heavy atom. The van der Waals surface area contributed by atoms with Gasteiger partial charge in [-0.25, -0.2) is 0 Å². The Morgan fingerprint density at radius 2 is 1.89 bits per heavy atom. The molecule has 2 rings (SSSR count). The number of anilines is 1. The van der Waals surface area contributed by atoms with E-state index in [0.29, 0.717) is 17.7 Å². The van der Waals surface area contributed by atoms with Crippen molar-refractivity contribution in [2.24, 2.45) is 0 Å². The van der Waals surface area contributed by atoms with Crippen LogP contribution in [0.1, 0.15) is 43.5 Å². The van der Waals surface area contributed by atoms with Gasteiger partial charge in [-0.2, -0.15) is 0 Å². The first kappa shape index (κ1) is 13.6. The molecular formula is C15H20N2O2. The smallest absolute Gasteiger partial charge is 0.256 e. The molecule has 1 aromatic carbocycles. The maximum absolute atomic E-state index is 12.7. The van der Waals surface area contributed by atoms with Gasteiger partial charge in [-0.15, -0.1) is 0 Å². The molecule has 4 heteroatoms. The van der Waals surface area contributed by atoms with Crippen LogP contribution in [0.5, 0.6) is 0 Å². The number of benzene rings is 1. The Morgan fingerprint density at radius 1 is 1.26 bits per heavy atom. The molecule has 19 heavy (non-hydrogen) atoms. The van der Waals surface area contributed by atoms with Crippen LogP contribution in [0.15, 0.2) is 24.3 Å². The van der Waals surface area contributed by atoms with Gasteiger partial charge in [-0.1, -0.05) is 12.1 Å². The van der Waals surface area contributed by atoms with E-state index in [2.05, 4.69) is 19.2 Å². The van der Waals surface area contributed by atoms with Crippen LogP contribution in [0.25, 0.3) is 0 Å². The van der Waals surface area contributed by atoms with Gasteiger partial charge in [0.05, 0.1) is 11.3 Å². The summed E-state index contributed by atoms with van der Waals surface area (Å²) in [5.41, 5.74) is 1.14. The van der Waals surface area contributed by atoms with Crippen LogP contribution >= 0.6 is 0 Å². The summed E-state index contributed by atoms with van der Waals surface area (Å²) in [6, 6.07) is 7.65. The van der Waals surface area contributed by atoms with Crippen molar-refractivity contribution in [2.45, 2.75) is 45.2 Å². The van der Waals surface area contributed by atoms with E-state index >= 15 is 0 Å². The van der Waals surface area contributed by atoms with Crippen molar-refractivity contribution in [1.29, 1.82) is 0 Å². The van der Waals surface area contributed by atoms with E-state index in [1.165, 1.54) is 6.42 Å². The van der Waals surface area contributed by atoms with Gasteiger partial charge in [0.15, 0.2) is 0 Å². The number of amides is 2. The minimum atomic E-state index is 0.00431. The zero-order valence-corrected chi connectivity index (χ0v) is 11.4. The highest BCUT2D eigenvalue weighted by Crippen LogP contribution is 2.26. The van der Waals surface area contributed by atoms with Crippen molar-refractivity contribution in [1.82, 2.24) is 4.90 Å². The van der Waals surface area contributed by atoms with Crippen LogP contribution in [0.4, 0.5) is 5.69 Å². The van der Waals surface area contributed by atoms with Crippen LogP contribution in [0.2, 0.25) is 0 Å². The molecule has 1 heterocycles. The molecule has 2 unspecified atom stereocenters. The van der Waals surface area contributed by atoms with Crippen molar-refractivity contribution in [3.8, 4) is 0 Å². The predicted octanol–water partition coefficient (Wildman–Crippen LogP) is 2.66. The van der Waals surface area contributed by atoms with Gasteiger partial charge in [0.25, 0.3) is 5.91 Å². The molecule has 1 aliphatic rings. The van der Waals surface area contributed by atoms with Gasteiger partial charge >= 0.3 is 0 Å². The van der Waals surface area contributed by atoms with Gasteiger partial charge < -0.3 is 10.2 Å². The van der Waals surface area contributed by atoms with Gasteiger partial charge in [-0.3, -0.25) is 9.59 Å². The largest absolute Gasteiger partial charge is 0.333 e. The van der Waals surface area contributed by atoms with E-state index in [1.54, 1.807) is 12.1 Å². The number of likely N-dealkylation sites (tertiary alicyclic amines) is 1. The molecule has 102 valence electrons. The van der Waals surface area contributed by atoms with Crippen LogP contribution in [0, 0.1) is 0 Å². The van der Waals surface area contributed by atoms with E-state index in [9.17, 15) is 9.59 Å². The summed E-state index contributed by atoms with van der Waals surface area (Å²) < 4.78 is 0. The third-order valence-electron chi connectivity index (χ3n) is 3.80. The van der Waals surface area contributed by atoms with Crippen molar-refractivity contribution < 1.29 is 9.59 Å². The maximum Gasteiger partial charge on any atom is 0.256 e. The fourth-order valence-electron chi connectivity index (χ4n) is 2.82. The molecule has 0 aliphatic carbocycles.